The molecule has 0 fully saturated rings. The first-order chi connectivity index (χ1) is 17.4. The van der Waals surface area contributed by atoms with E-state index in [9.17, 15) is 27.4 Å². The molecule has 0 amide bonds. The Morgan fingerprint density at radius 1 is 1.24 bits per heavy atom. The van der Waals surface area contributed by atoms with Crippen LogP contribution in [0.15, 0.2) is 50.6 Å². The summed E-state index contributed by atoms with van der Waals surface area (Å²) >= 11 is 0. The number of fused-ring (bicyclic) bond motifs is 2. The summed E-state index contributed by atoms with van der Waals surface area (Å²) in [6.07, 6.45) is 2.19. The van der Waals surface area contributed by atoms with Crippen LogP contribution in [-0.2, 0) is 16.8 Å². The fourth-order valence-corrected chi connectivity index (χ4v) is 5.89. The molecule has 200 valence electrons. The Balaban J connectivity index is 1.78. The number of aryl methyl sites for hydroxylation is 1. The molecule has 1 aromatic carbocycles. The molecule has 1 aliphatic heterocycles. The molecule has 0 radical (unpaired) electrons. The van der Waals surface area contributed by atoms with Crippen LogP contribution in [0.2, 0.25) is 0 Å². The maximum absolute atomic E-state index is 13.5. The highest BCUT2D eigenvalue weighted by Gasteiger charge is 2.31. The molecule has 37 heavy (non-hydrogen) atoms. The van der Waals surface area contributed by atoms with Crippen molar-refractivity contribution in [3.8, 4) is 5.75 Å². The van der Waals surface area contributed by atoms with Gasteiger partial charge in [0.2, 0.25) is 0 Å². The number of amidine groups is 1. The normalized spacial score (nSPS) is 15.7. The second kappa shape index (κ2) is 10.3. The van der Waals surface area contributed by atoms with Crippen molar-refractivity contribution in [2.75, 3.05) is 23.1 Å². The lowest BCUT2D eigenvalue weighted by molar-refractivity contribution is 0.473. The third kappa shape index (κ3) is 5.56. The summed E-state index contributed by atoms with van der Waals surface area (Å²) in [7, 11) is -7.82. The minimum atomic E-state index is -3.94. The number of nitrogens with zero attached hydrogens (tertiary/aromatic N) is 3. The number of nitrogens with one attached hydrogen (secondary N) is 3. The number of pyridine rings is 2. The van der Waals surface area contributed by atoms with Crippen LogP contribution in [0, 0.1) is 5.92 Å². The zero-order chi connectivity index (χ0) is 27.0. The SMILES string of the molecule is CC(C)CCn1c(=O)c(C2=NS(O)(O)c3cc(NS(=O)(=O)NCCN)ccc3N2)c(O)c2cccnc21. The number of hydrogen-bond donors (Lipinski definition) is 7. The molecular formula is C22H29N7O6S2. The van der Waals surface area contributed by atoms with Crippen LogP contribution < -0.4 is 26.1 Å². The predicted octanol–water partition coefficient (Wildman–Crippen LogP) is 2.25. The van der Waals surface area contributed by atoms with Gasteiger partial charge in [-0.1, -0.05) is 24.6 Å². The maximum atomic E-state index is 13.5. The van der Waals surface area contributed by atoms with E-state index in [1.54, 1.807) is 12.1 Å². The average molecular weight is 552 g/mol. The molecule has 0 spiro atoms. The Morgan fingerprint density at radius 2 is 2.00 bits per heavy atom. The molecule has 15 heteroatoms. The van der Waals surface area contributed by atoms with Crippen molar-refractivity contribution < 1.29 is 22.6 Å². The van der Waals surface area contributed by atoms with Gasteiger partial charge in [0.25, 0.3) is 15.8 Å². The van der Waals surface area contributed by atoms with E-state index in [-0.39, 0.29) is 40.8 Å². The van der Waals surface area contributed by atoms with Gasteiger partial charge in [-0.15, -0.1) is 4.40 Å². The van der Waals surface area contributed by atoms with Gasteiger partial charge in [-0.2, -0.15) is 13.1 Å². The lowest BCUT2D eigenvalue weighted by Gasteiger charge is -2.34. The standard InChI is InChI=1S/C22H29N7O6S2/c1-13(2)7-11-29-21-15(4-3-9-24-21)19(30)18(22(29)31)20-26-16-6-5-14(12-17(16)36(32,33)28-20)27-37(34,35)25-10-8-23/h3-6,9,12-13,25,27,30,32-33H,7-8,10-11,23H2,1-2H3,(H,26,28). The molecule has 13 nitrogen and oxygen atoms in total. The molecule has 3 aromatic rings. The van der Waals surface area contributed by atoms with E-state index < -0.39 is 32.3 Å². The third-order valence-electron chi connectivity index (χ3n) is 5.60. The first kappa shape index (κ1) is 26.8. The number of rotatable bonds is 9. The zero-order valence-electron chi connectivity index (χ0n) is 20.2. The van der Waals surface area contributed by atoms with Gasteiger partial charge in [-0.3, -0.25) is 23.2 Å². The Hall–Kier alpha value is -3.21. The van der Waals surface area contributed by atoms with E-state index in [1.807, 2.05) is 13.8 Å². The number of aromatic nitrogens is 2. The third-order valence-corrected chi connectivity index (χ3v) is 8.05. The van der Waals surface area contributed by atoms with Crippen LogP contribution in [0.5, 0.6) is 5.75 Å². The van der Waals surface area contributed by atoms with Crippen molar-refractivity contribution in [2.24, 2.45) is 16.0 Å². The van der Waals surface area contributed by atoms with E-state index in [0.29, 0.717) is 29.9 Å². The average Bonchev–Trinajstić information content (AvgIpc) is 2.82. The highest BCUT2D eigenvalue weighted by Crippen LogP contribution is 2.56. The van der Waals surface area contributed by atoms with Crippen LogP contribution in [0.25, 0.3) is 11.0 Å². The van der Waals surface area contributed by atoms with Crippen molar-refractivity contribution in [3.05, 3.63) is 52.4 Å². The van der Waals surface area contributed by atoms with Gasteiger partial charge in [-0.25, -0.2) is 4.98 Å². The molecule has 0 atom stereocenters. The Labute approximate surface area is 215 Å². The summed E-state index contributed by atoms with van der Waals surface area (Å²) in [5.74, 6) is -0.324. The van der Waals surface area contributed by atoms with Crippen LogP contribution in [-0.4, -0.2) is 51.1 Å². The maximum Gasteiger partial charge on any atom is 0.299 e. The minimum Gasteiger partial charge on any atom is -0.506 e. The number of anilines is 2. The van der Waals surface area contributed by atoms with Crippen molar-refractivity contribution in [1.29, 1.82) is 0 Å². The van der Waals surface area contributed by atoms with Gasteiger partial charge >= 0.3 is 0 Å². The quantitative estimate of drug-likeness (QED) is 0.208. The highest BCUT2D eigenvalue weighted by atomic mass is 32.3. The monoisotopic (exact) mass is 551 g/mol. The fraction of sp³-hybridized carbons (Fsp3) is 0.318. The summed E-state index contributed by atoms with van der Waals surface area (Å²) in [5, 5.41) is 14.2. The van der Waals surface area contributed by atoms with Gasteiger partial charge < -0.3 is 16.2 Å². The van der Waals surface area contributed by atoms with Crippen molar-refractivity contribution in [1.82, 2.24) is 14.3 Å². The molecule has 0 aliphatic carbocycles. The van der Waals surface area contributed by atoms with Gasteiger partial charge in [0.1, 0.15) is 21.9 Å². The predicted molar refractivity (Wildman–Crippen MR) is 144 cm³/mol. The molecule has 3 heterocycles. The summed E-state index contributed by atoms with van der Waals surface area (Å²) in [6, 6.07) is 7.27. The highest BCUT2D eigenvalue weighted by molar-refractivity contribution is 8.23. The Kier molecular flexibility index (Phi) is 7.45. The van der Waals surface area contributed by atoms with E-state index in [1.165, 1.54) is 29.0 Å². The molecule has 0 saturated heterocycles. The molecule has 0 saturated carbocycles. The van der Waals surface area contributed by atoms with Crippen LogP contribution in [0.1, 0.15) is 25.8 Å². The number of nitrogens with two attached hydrogens (primary N) is 1. The zero-order valence-corrected chi connectivity index (χ0v) is 21.8. The van der Waals surface area contributed by atoms with E-state index >= 15 is 0 Å². The Bertz CT molecular complexity index is 1540. The molecule has 8 N–H and O–H groups in total. The van der Waals surface area contributed by atoms with Gasteiger partial charge in [0.15, 0.2) is 5.84 Å². The van der Waals surface area contributed by atoms with E-state index in [4.69, 9.17) is 5.73 Å². The molecule has 2 aromatic heterocycles. The molecule has 4 rings (SSSR count). The van der Waals surface area contributed by atoms with Crippen LogP contribution in [0.3, 0.4) is 0 Å². The lowest BCUT2D eigenvalue weighted by atomic mass is 10.1. The number of hydrogen-bond acceptors (Lipinski definition) is 10. The van der Waals surface area contributed by atoms with E-state index in [0.717, 1.165) is 0 Å². The topological polar surface area (TPSA) is 204 Å². The number of aromatic hydroxyl groups is 1. The molecule has 0 bridgehead atoms. The van der Waals surface area contributed by atoms with Crippen molar-refractivity contribution in [2.45, 2.75) is 31.7 Å². The van der Waals surface area contributed by atoms with Gasteiger partial charge in [0, 0.05) is 25.8 Å². The molecule has 1 aliphatic rings. The van der Waals surface area contributed by atoms with Gasteiger partial charge in [0.05, 0.1) is 16.8 Å². The van der Waals surface area contributed by atoms with Crippen molar-refractivity contribution in [3.63, 3.8) is 0 Å². The first-order valence-corrected chi connectivity index (χ1v) is 14.4. The summed E-state index contributed by atoms with van der Waals surface area (Å²) < 4.78 is 55.9. The molecule has 0 unspecified atom stereocenters. The second-order valence-electron chi connectivity index (χ2n) is 8.82. The second-order valence-corrected chi connectivity index (χ2v) is 12.0. The summed E-state index contributed by atoms with van der Waals surface area (Å²) in [4.78, 5) is 17.7. The van der Waals surface area contributed by atoms with Crippen LogP contribution >= 0.6 is 10.8 Å². The van der Waals surface area contributed by atoms with E-state index in [2.05, 4.69) is 24.1 Å². The largest absolute Gasteiger partial charge is 0.506 e. The smallest absolute Gasteiger partial charge is 0.299 e. The van der Waals surface area contributed by atoms with Crippen molar-refractivity contribution >= 4 is 49.2 Å². The first-order valence-electron chi connectivity index (χ1n) is 11.4. The fourth-order valence-electron chi connectivity index (χ4n) is 3.81. The molecular weight excluding hydrogens is 522 g/mol. The van der Waals surface area contributed by atoms with Gasteiger partial charge in [-0.05, 0) is 42.7 Å². The minimum absolute atomic E-state index is 0.0180. The summed E-state index contributed by atoms with van der Waals surface area (Å²) in [5.41, 5.74) is 5.04. The van der Waals surface area contributed by atoms with Crippen LogP contribution in [0.4, 0.5) is 11.4 Å². The lowest BCUT2D eigenvalue weighted by Crippen LogP contribution is -2.34. The summed E-state index contributed by atoms with van der Waals surface area (Å²) in [6.45, 7) is 4.49. The Morgan fingerprint density at radius 3 is 2.70 bits per heavy atom. The number of benzene rings is 1.